The van der Waals surface area contributed by atoms with Gasteiger partial charge in [0.1, 0.15) is 11.5 Å². The molecule has 0 aliphatic carbocycles. The van der Waals surface area contributed by atoms with E-state index < -0.39 is 23.7 Å². The van der Waals surface area contributed by atoms with E-state index in [2.05, 4.69) is 0 Å². The van der Waals surface area contributed by atoms with E-state index in [0.29, 0.717) is 28.1 Å². The van der Waals surface area contributed by atoms with Crippen LogP contribution < -0.4 is 9.64 Å². The van der Waals surface area contributed by atoms with Gasteiger partial charge in [-0.05, 0) is 61.0 Å². The zero-order valence-corrected chi connectivity index (χ0v) is 18.7. The maximum atomic E-state index is 13.2. The van der Waals surface area contributed by atoms with Gasteiger partial charge >= 0.3 is 5.97 Å². The number of rotatable bonds is 6. The molecule has 1 aliphatic rings. The number of hydrogen-bond acceptors (Lipinski definition) is 6. The molecule has 1 heterocycles. The van der Waals surface area contributed by atoms with Crippen LogP contribution in [0.3, 0.4) is 0 Å². The lowest BCUT2D eigenvalue weighted by Gasteiger charge is -2.25. The van der Waals surface area contributed by atoms with Gasteiger partial charge in [-0.1, -0.05) is 30.3 Å². The van der Waals surface area contributed by atoms with Gasteiger partial charge in [0.25, 0.3) is 11.7 Å². The van der Waals surface area contributed by atoms with Gasteiger partial charge in [0.2, 0.25) is 0 Å². The number of esters is 1. The summed E-state index contributed by atoms with van der Waals surface area (Å²) < 4.78 is 10.2. The normalized spacial score (nSPS) is 17.0. The van der Waals surface area contributed by atoms with Crippen molar-refractivity contribution in [3.05, 3.63) is 101 Å². The first-order valence-electron chi connectivity index (χ1n) is 10.7. The van der Waals surface area contributed by atoms with Crippen LogP contribution >= 0.6 is 0 Å². The van der Waals surface area contributed by atoms with Gasteiger partial charge in [0, 0.05) is 11.3 Å². The van der Waals surface area contributed by atoms with Crippen LogP contribution in [-0.2, 0) is 14.3 Å². The molecule has 1 aliphatic heterocycles. The number of aliphatic hydroxyl groups is 1. The highest BCUT2D eigenvalue weighted by Crippen LogP contribution is 2.42. The number of Topliss-reactive ketones (excluding diaryl/α,β-unsaturated/α-hetero) is 1. The van der Waals surface area contributed by atoms with Crippen molar-refractivity contribution < 1.29 is 29.0 Å². The molecular formula is C27H23NO6. The maximum Gasteiger partial charge on any atom is 0.338 e. The molecule has 0 saturated carbocycles. The minimum absolute atomic E-state index is 0.0177. The van der Waals surface area contributed by atoms with Gasteiger partial charge in [0.15, 0.2) is 0 Å². The number of anilines is 1. The minimum atomic E-state index is -0.850. The molecule has 1 saturated heterocycles. The maximum absolute atomic E-state index is 13.2. The number of aliphatic hydroxyl groups excluding tert-OH is 1. The zero-order valence-electron chi connectivity index (χ0n) is 18.7. The molecule has 1 amide bonds. The standard InChI is InChI=1S/C27H23NO6/c1-3-34-27(32)19-9-13-20(14-10-19)28-23(17-7-5-4-6-8-17)22(25(30)26(28)31)24(29)18-11-15-21(33-2)16-12-18/h4-16,23,29H,3H2,1-2H3. The molecule has 172 valence electrons. The van der Waals surface area contributed by atoms with Crippen molar-refractivity contribution >= 4 is 29.1 Å². The third-order valence-electron chi connectivity index (χ3n) is 5.58. The predicted octanol–water partition coefficient (Wildman–Crippen LogP) is 4.50. The Labute approximate surface area is 196 Å². The molecule has 1 fully saturated rings. The first-order chi connectivity index (χ1) is 16.5. The van der Waals surface area contributed by atoms with Crippen LogP contribution in [0, 0.1) is 0 Å². The summed E-state index contributed by atoms with van der Waals surface area (Å²) in [5, 5.41) is 11.1. The average molecular weight is 457 g/mol. The second kappa shape index (κ2) is 9.62. The first kappa shape index (κ1) is 22.8. The van der Waals surface area contributed by atoms with E-state index in [1.165, 1.54) is 24.1 Å². The van der Waals surface area contributed by atoms with Crippen LogP contribution in [-0.4, -0.2) is 36.5 Å². The first-order valence-corrected chi connectivity index (χ1v) is 10.7. The van der Waals surface area contributed by atoms with Crippen molar-refractivity contribution in [2.75, 3.05) is 18.6 Å². The Balaban J connectivity index is 1.83. The Morgan fingerprint density at radius 1 is 0.912 bits per heavy atom. The highest BCUT2D eigenvalue weighted by atomic mass is 16.5. The summed E-state index contributed by atoms with van der Waals surface area (Å²) >= 11 is 0. The number of benzene rings is 3. The van der Waals surface area contributed by atoms with Crippen LogP contribution in [0.4, 0.5) is 5.69 Å². The quantitative estimate of drug-likeness (QED) is 0.254. The molecule has 4 rings (SSSR count). The topological polar surface area (TPSA) is 93.1 Å². The largest absolute Gasteiger partial charge is 0.507 e. The Morgan fingerprint density at radius 3 is 2.12 bits per heavy atom. The fourth-order valence-electron chi connectivity index (χ4n) is 3.93. The van der Waals surface area contributed by atoms with Crippen molar-refractivity contribution in [3.8, 4) is 5.75 Å². The Hall–Kier alpha value is -4.39. The Morgan fingerprint density at radius 2 is 1.53 bits per heavy atom. The molecule has 1 N–H and O–H groups in total. The number of hydrogen-bond donors (Lipinski definition) is 1. The van der Waals surface area contributed by atoms with Crippen LogP contribution in [0.2, 0.25) is 0 Å². The number of nitrogens with zero attached hydrogens (tertiary/aromatic N) is 1. The van der Waals surface area contributed by atoms with Crippen LogP contribution in [0.15, 0.2) is 84.4 Å². The molecule has 0 spiro atoms. The fraction of sp³-hybridized carbons (Fsp3) is 0.148. The molecule has 1 atom stereocenters. The second-order valence-corrected chi connectivity index (χ2v) is 7.58. The summed E-state index contributed by atoms with van der Waals surface area (Å²) in [6, 6.07) is 21.0. The molecule has 0 aromatic heterocycles. The lowest BCUT2D eigenvalue weighted by molar-refractivity contribution is -0.132. The molecule has 3 aromatic carbocycles. The minimum Gasteiger partial charge on any atom is -0.507 e. The lowest BCUT2D eigenvalue weighted by Crippen LogP contribution is -2.29. The molecule has 3 aromatic rings. The van der Waals surface area contributed by atoms with E-state index in [-0.39, 0.29) is 17.9 Å². The highest BCUT2D eigenvalue weighted by molar-refractivity contribution is 6.51. The van der Waals surface area contributed by atoms with Gasteiger partial charge in [-0.3, -0.25) is 14.5 Å². The number of amides is 1. The third kappa shape index (κ3) is 4.15. The number of carbonyl (C=O) groups is 3. The number of carbonyl (C=O) groups excluding carboxylic acids is 3. The number of ketones is 1. The van der Waals surface area contributed by atoms with Crippen molar-refractivity contribution in [1.29, 1.82) is 0 Å². The molecule has 0 bridgehead atoms. The van der Waals surface area contributed by atoms with Gasteiger partial charge in [-0.2, -0.15) is 0 Å². The molecular weight excluding hydrogens is 434 g/mol. The van der Waals surface area contributed by atoms with Gasteiger partial charge in [0.05, 0.1) is 30.9 Å². The lowest BCUT2D eigenvalue weighted by atomic mass is 9.95. The summed E-state index contributed by atoms with van der Waals surface area (Å²) in [7, 11) is 1.53. The molecule has 0 radical (unpaired) electrons. The van der Waals surface area contributed by atoms with Crippen molar-refractivity contribution in [3.63, 3.8) is 0 Å². The third-order valence-corrected chi connectivity index (χ3v) is 5.58. The SMILES string of the molecule is CCOC(=O)c1ccc(N2C(=O)C(=O)C(=C(O)c3ccc(OC)cc3)C2c2ccccc2)cc1. The van der Waals surface area contributed by atoms with E-state index in [1.54, 1.807) is 67.6 Å². The smallest absolute Gasteiger partial charge is 0.338 e. The van der Waals surface area contributed by atoms with Gasteiger partial charge in [-0.25, -0.2) is 4.79 Å². The summed E-state index contributed by atoms with van der Waals surface area (Å²) in [5.41, 5.74) is 1.77. The van der Waals surface area contributed by atoms with Crippen molar-refractivity contribution in [2.24, 2.45) is 0 Å². The van der Waals surface area contributed by atoms with E-state index in [4.69, 9.17) is 9.47 Å². The average Bonchev–Trinajstić information content (AvgIpc) is 3.14. The molecule has 7 heteroatoms. The fourth-order valence-corrected chi connectivity index (χ4v) is 3.93. The van der Waals surface area contributed by atoms with Gasteiger partial charge in [-0.15, -0.1) is 0 Å². The van der Waals surface area contributed by atoms with E-state index in [0.717, 1.165) is 0 Å². The molecule has 34 heavy (non-hydrogen) atoms. The predicted molar refractivity (Wildman–Crippen MR) is 127 cm³/mol. The second-order valence-electron chi connectivity index (χ2n) is 7.58. The van der Waals surface area contributed by atoms with Crippen molar-refractivity contribution in [1.82, 2.24) is 0 Å². The monoisotopic (exact) mass is 457 g/mol. The van der Waals surface area contributed by atoms with E-state index >= 15 is 0 Å². The molecule has 1 unspecified atom stereocenters. The van der Waals surface area contributed by atoms with Crippen LogP contribution in [0.1, 0.15) is 34.5 Å². The van der Waals surface area contributed by atoms with Crippen LogP contribution in [0.25, 0.3) is 5.76 Å². The van der Waals surface area contributed by atoms with Crippen molar-refractivity contribution in [2.45, 2.75) is 13.0 Å². The van der Waals surface area contributed by atoms with Crippen LogP contribution in [0.5, 0.6) is 5.75 Å². The number of methoxy groups -OCH3 is 1. The van der Waals surface area contributed by atoms with E-state index in [9.17, 15) is 19.5 Å². The van der Waals surface area contributed by atoms with E-state index in [1.807, 2.05) is 6.07 Å². The van der Waals surface area contributed by atoms with Gasteiger partial charge < -0.3 is 14.6 Å². The summed E-state index contributed by atoms with van der Waals surface area (Å²) in [6.45, 7) is 1.96. The zero-order chi connectivity index (χ0) is 24.2. The highest BCUT2D eigenvalue weighted by Gasteiger charge is 2.46. The summed E-state index contributed by atoms with van der Waals surface area (Å²) in [4.78, 5) is 39.7. The molecule has 7 nitrogen and oxygen atoms in total. The Kier molecular flexibility index (Phi) is 6.45. The summed E-state index contributed by atoms with van der Waals surface area (Å²) in [6.07, 6.45) is 0. The summed E-state index contributed by atoms with van der Waals surface area (Å²) in [5.74, 6) is -1.72. The Bertz CT molecular complexity index is 1250. The number of ether oxygens (including phenoxy) is 2.